The maximum Gasteiger partial charge on any atom is 0.203 e. The zero-order valence-electron chi connectivity index (χ0n) is 13.0. The highest BCUT2D eigenvalue weighted by Crippen LogP contribution is 2.41. The van der Waals surface area contributed by atoms with Crippen molar-refractivity contribution in [2.24, 2.45) is 0 Å². The van der Waals surface area contributed by atoms with Gasteiger partial charge >= 0.3 is 0 Å². The minimum Gasteiger partial charge on any atom is -0.493 e. The molecule has 0 amide bonds. The van der Waals surface area contributed by atoms with Crippen LogP contribution in [0.15, 0.2) is 30.3 Å². The van der Waals surface area contributed by atoms with Crippen LogP contribution in [-0.4, -0.2) is 21.3 Å². The van der Waals surface area contributed by atoms with Crippen molar-refractivity contribution in [1.29, 1.82) is 10.5 Å². The molecule has 0 aromatic heterocycles. The normalized spacial score (nSPS) is 9.43. The lowest BCUT2D eigenvalue weighted by atomic mass is 10.1. The molecule has 0 aliphatic heterocycles. The van der Waals surface area contributed by atoms with E-state index in [4.69, 9.17) is 14.2 Å². The summed E-state index contributed by atoms with van der Waals surface area (Å²) in [7, 11) is 4.56. The van der Waals surface area contributed by atoms with Gasteiger partial charge in [0.2, 0.25) is 5.75 Å². The van der Waals surface area contributed by atoms with Crippen LogP contribution in [-0.2, 0) is 0 Å². The standard InChI is InChI=1S/C17H15N3O3/c1-21-14-7-13(8-15(22-2)17(14)23-3)20-16-11(9-18)5-4-6-12(16)10-19/h4-8,20H,1-3H3. The number of hydrogen-bond donors (Lipinski definition) is 1. The SMILES string of the molecule is COc1cc(Nc2c(C#N)cccc2C#N)cc(OC)c1OC. The number of benzene rings is 2. The average Bonchev–Trinajstić information content (AvgIpc) is 2.60. The summed E-state index contributed by atoms with van der Waals surface area (Å²) in [6, 6.07) is 12.5. The van der Waals surface area contributed by atoms with Crippen LogP contribution in [0.2, 0.25) is 0 Å². The summed E-state index contributed by atoms with van der Waals surface area (Å²) in [5.74, 6) is 1.42. The van der Waals surface area contributed by atoms with Gasteiger partial charge in [-0.3, -0.25) is 0 Å². The summed E-state index contributed by atoms with van der Waals surface area (Å²) in [4.78, 5) is 0. The van der Waals surface area contributed by atoms with E-state index in [9.17, 15) is 10.5 Å². The molecule has 6 nitrogen and oxygen atoms in total. The van der Waals surface area contributed by atoms with Gasteiger partial charge in [-0.1, -0.05) is 6.07 Å². The number of rotatable bonds is 5. The van der Waals surface area contributed by atoms with Gasteiger partial charge < -0.3 is 19.5 Å². The van der Waals surface area contributed by atoms with E-state index in [0.29, 0.717) is 39.8 Å². The van der Waals surface area contributed by atoms with Gasteiger partial charge in [0.05, 0.1) is 38.1 Å². The second-order valence-electron chi connectivity index (χ2n) is 4.49. The van der Waals surface area contributed by atoms with Gasteiger partial charge in [0, 0.05) is 17.8 Å². The van der Waals surface area contributed by atoms with E-state index in [1.807, 2.05) is 0 Å². The van der Waals surface area contributed by atoms with Crippen molar-refractivity contribution >= 4 is 11.4 Å². The summed E-state index contributed by atoms with van der Waals surface area (Å²) in [5, 5.41) is 21.5. The molecule has 0 saturated carbocycles. The zero-order valence-corrected chi connectivity index (χ0v) is 13.0. The lowest BCUT2D eigenvalue weighted by Gasteiger charge is -2.16. The Morgan fingerprint density at radius 3 is 1.78 bits per heavy atom. The second-order valence-corrected chi connectivity index (χ2v) is 4.49. The third kappa shape index (κ3) is 3.12. The van der Waals surface area contributed by atoms with Crippen LogP contribution >= 0.6 is 0 Å². The number of hydrogen-bond acceptors (Lipinski definition) is 6. The number of anilines is 2. The van der Waals surface area contributed by atoms with Crippen LogP contribution in [0.1, 0.15) is 11.1 Å². The van der Waals surface area contributed by atoms with Gasteiger partial charge in [-0.15, -0.1) is 0 Å². The zero-order chi connectivity index (χ0) is 16.8. The average molecular weight is 309 g/mol. The Morgan fingerprint density at radius 1 is 0.870 bits per heavy atom. The lowest BCUT2D eigenvalue weighted by molar-refractivity contribution is 0.324. The summed E-state index contributed by atoms with van der Waals surface area (Å²) in [5.41, 5.74) is 1.79. The van der Waals surface area contributed by atoms with Crippen LogP contribution in [0.4, 0.5) is 11.4 Å². The highest BCUT2D eigenvalue weighted by molar-refractivity contribution is 5.75. The Morgan fingerprint density at radius 2 is 1.39 bits per heavy atom. The molecule has 0 fully saturated rings. The van der Waals surface area contributed by atoms with Crippen molar-refractivity contribution in [3.05, 3.63) is 41.5 Å². The summed E-state index contributed by atoms with van der Waals surface area (Å²) in [6.07, 6.45) is 0. The second kappa shape index (κ2) is 7.06. The van der Waals surface area contributed by atoms with Crippen LogP contribution in [0.3, 0.4) is 0 Å². The predicted molar refractivity (Wildman–Crippen MR) is 85.3 cm³/mol. The van der Waals surface area contributed by atoms with E-state index < -0.39 is 0 Å². The Kier molecular flexibility index (Phi) is 4.91. The lowest BCUT2D eigenvalue weighted by Crippen LogP contribution is -2.00. The van der Waals surface area contributed by atoms with Crippen molar-refractivity contribution in [2.75, 3.05) is 26.6 Å². The smallest absolute Gasteiger partial charge is 0.203 e. The Hall–Kier alpha value is -3.38. The first-order valence-electron chi connectivity index (χ1n) is 6.68. The third-order valence-corrected chi connectivity index (χ3v) is 3.24. The highest BCUT2D eigenvalue weighted by atomic mass is 16.5. The van der Waals surface area contributed by atoms with Crippen LogP contribution in [0, 0.1) is 22.7 Å². The number of nitrogens with one attached hydrogen (secondary N) is 1. The van der Waals surface area contributed by atoms with E-state index in [2.05, 4.69) is 17.5 Å². The minimum atomic E-state index is 0.373. The molecule has 0 radical (unpaired) electrons. The molecule has 0 spiro atoms. The van der Waals surface area contributed by atoms with E-state index in [1.165, 1.54) is 21.3 Å². The van der Waals surface area contributed by atoms with Gasteiger partial charge in [0.15, 0.2) is 11.5 Å². The first-order valence-corrected chi connectivity index (χ1v) is 6.68. The summed E-state index contributed by atoms with van der Waals surface area (Å²) >= 11 is 0. The summed E-state index contributed by atoms with van der Waals surface area (Å²) in [6.45, 7) is 0. The molecule has 2 aromatic carbocycles. The topological polar surface area (TPSA) is 87.3 Å². The van der Waals surface area contributed by atoms with Gasteiger partial charge in [0.25, 0.3) is 0 Å². The Balaban J connectivity index is 2.54. The van der Waals surface area contributed by atoms with E-state index in [0.717, 1.165) is 0 Å². The molecule has 0 atom stereocenters. The monoisotopic (exact) mass is 309 g/mol. The molecule has 0 aliphatic rings. The number of ether oxygens (including phenoxy) is 3. The fourth-order valence-corrected chi connectivity index (χ4v) is 2.17. The molecule has 116 valence electrons. The number of para-hydroxylation sites is 1. The van der Waals surface area contributed by atoms with Crippen LogP contribution in [0.25, 0.3) is 0 Å². The van der Waals surface area contributed by atoms with E-state index in [1.54, 1.807) is 30.3 Å². The molecule has 0 unspecified atom stereocenters. The Labute approximate surface area is 134 Å². The quantitative estimate of drug-likeness (QED) is 0.912. The van der Waals surface area contributed by atoms with Crippen molar-refractivity contribution < 1.29 is 14.2 Å². The first kappa shape index (κ1) is 16.0. The van der Waals surface area contributed by atoms with Gasteiger partial charge in [0.1, 0.15) is 12.1 Å². The molecule has 0 heterocycles. The maximum absolute atomic E-state index is 9.23. The van der Waals surface area contributed by atoms with Crippen molar-refractivity contribution in [3.8, 4) is 29.4 Å². The van der Waals surface area contributed by atoms with Gasteiger partial charge in [-0.25, -0.2) is 0 Å². The molecular weight excluding hydrogens is 294 g/mol. The van der Waals surface area contributed by atoms with Crippen LogP contribution in [0.5, 0.6) is 17.2 Å². The molecule has 0 bridgehead atoms. The molecule has 2 rings (SSSR count). The predicted octanol–water partition coefficient (Wildman–Crippen LogP) is 3.20. The number of methoxy groups -OCH3 is 3. The fraction of sp³-hybridized carbons (Fsp3) is 0.176. The van der Waals surface area contributed by atoms with Crippen LogP contribution < -0.4 is 19.5 Å². The maximum atomic E-state index is 9.23. The molecule has 23 heavy (non-hydrogen) atoms. The minimum absolute atomic E-state index is 0.373. The molecule has 6 heteroatoms. The fourth-order valence-electron chi connectivity index (χ4n) is 2.17. The number of nitrogens with zero attached hydrogens (tertiary/aromatic N) is 2. The molecular formula is C17H15N3O3. The van der Waals surface area contributed by atoms with Crippen molar-refractivity contribution in [3.63, 3.8) is 0 Å². The largest absolute Gasteiger partial charge is 0.493 e. The highest BCUT2D eigenvalue weighted by Gasteiger charge is 2.15. The third-order valence-electron chi connectivity index (χ3n) is 3.24. The van der Waals surface area contributed by atoms with Gasteiger partial charge in [-0.2, -0.15) is 10.5 Å². The van der Waals surface area contributed by atoms with E-state index in [-0.39, 0.29) is 0 Å². The first-order chi connectivity index (χ1) is 11.2. The molecule has 2 aromatic rings. The molecule has 0 saturated heterocycles. The van der Waals surface area contributed by atoms with E-state index >= 15 is 0 Å². The molecule has 0 aliphatic carbocycles. The Bertz CT molecular complexity index is 746. The van der Waals surface area contributed by atoms with Crippen molar-refractivity contribution in [1.82, 2.24) is 0 Å². The summed E-state index contributed by atoms with van der Waals surface area (Å²) < 4.78 is 15.9. The number of nitriles is 2. The molecule has 1 N–H and O–H groups in total. The van der Waals surface area contributed by atoms with Crippen molar-refractivity contribution in [2.45, 2.75) is 0 Å². The van der Waals surface area contributed by atoms with Gasteiger partial charge in [-0.05, 0) is 12.1 Å².